The van der Waals surface area contributed by atoms with Crippen molar-refractivity contribution in [3.8, 4) is 11.5 Å². The van der Waals surface area contributed by atoms with Gasteiger partial charge in [-0.1, -0.05) is 52.5 Å². The molecule has 4 heterocycles. The van der Waals surface area contributed by atoms with Crippen LogP contribution in [-0.2, 0) is 28.7 Å². The van der Waals surface area contributed by atoms with Gasteiger partial charge < -0.3 is 27.8 Å². The molecule has 0 fully saturated rings. The first-order chi connectivity index (χ1) is 25.5. The number of benzene rings is 2. The van der Waals surface area contributed by atoms with Crippen molar-refractivity contribution in [2.24, 2.45) is 0 Å². The third-order valence-corrected chi connectivity index (χ3v) is 9.27. The predicted molar refractivity (Wildman–Crippen MR) is 201 cm³/mol. The van der Waals surface area contributed by atoms with Gasteiger partial charge in [-0.25, -0.2) is 9.59 Å². The molecule has 0 bridgehead atoms. The molecule has 15 heteroatoms. The van der Waals surface area contributed by atoms with Crippen LogP contribution < -0.4 is 9.47 Å². The van der Waals surface area contributed by atoms with Crippen molar-refractivity contribution in [1.82, 2.24) is 9.97 Å². The number of aromatic nitrogens is 2. The number of hydrogen-bond donors (Lipinski definition) is 0. The molecule has 0 spiro atoms. The van der Waals surface area contributed by atoms with Gasteiger partial charge in [0.15, 0.2) is 28.4 Å². The fourth-order valence-corrected chi connectivity index (χ4v) is 6.49. The lowest BCUT2D eigenvalue weighted by Gasteiger charge is -2.08. The van der Waals surface area contributed by atoms with E-state index in [1.165, 1.54) is 25.6 Å². The molecule has 6 rings (SSSR count). The lowest BCUT2D eigenvalue weighted by atomic mass is 10.00. The molecule has 0 saturated carbocycles. The normalized spacial score (nSPS) is 10.9. The fourth-order valence-electron chi connectivity index (χ4n) is 5.44. The summed E-state index contributed by atoms with van der Waals surface area (Å²) in [7, 11) is 3.02. The van der Waals surface area contributed by atoms with Crippen LogP contribution >= 0.6 is 46.4 Å². The van der Waals surface area contributed by atoms with Gasteiger partial charge in [-0.05, 0) is 62.1 Å². The number of carbonyl (C=O) groups excluding carboxylic acids is 3. The van der Waals surface area contributed by atoms with Crippen LogP contribution in [0.3, 0.4) is 0 Å². The number of Topliss-reactive ketones (excluding diaryl/α,β-unsaturated/α-hetero) is 1. The van der Waals surface area contributed by atoms with Crippen molar-refractivity contribution >= 4 is 86.1 Å². The van der Waals surface area contributed by atoms with Gasteiger partial charge in [-0.3, -0.25) is 14.8 Å². The second-order valence-corrected chi connectivity index (χ2v) is 12.8. The van der Waals surface area contributed by atoms with Crippen LogP contribution in [0.15, 0.2) is 70.0 Å². The zero-order valence-corrected chi connectivity index (χ0v) is 31.9. The smallest absolute Gasteiger partial charge is 0.374 e. The number of ketones is 1. The molecule has 2 aromatic carbocycles. The quantitative estimate of drug-likeness (QED) is 0.0863. The first-order valence-electron chi connectivity index (χ1n) is 16.1. The Bertz CT molecular complexity index is 2260. The number of ether oxygens (including phenoxy) is 4. The number of halogens is 4. The van der Waals surface area contributed by atoms with E-state index >= 15 is 0 Å². The third kappa shape index (κ3) is 8.88. The maximum atomic E-state index is 12.9. The largest absolute Gasteiger partial charge is 0.493 e. The van der Waals surface area contributed by atoms with Crippen LogP contribution in [0.1, 0.15) is 62.0 Å². The van der Waals surface area contributed by atoms with Crippen molar-refractivity contribution in [2.45, 2.75) is 33.1 Å². The first kappa shape index (κ1) is 39.4. The summed E-state index contributed by atoms with van der Waals surface area (Å²) in [5.41, 5.74) is 3.47. The molecule has 0 aliphatic heterocycles. The van der Waals surface area contributed by atoms with E-state index in [0.717, 1.165) is 16.5 Å². The molecular weight excluding hydrogens is 770 g/mol. The molecule has 0 aliphatic rings. The van der Waals surface area contributed by atoms with Gasteiger partial charge in [-0.15, -0.1) is 0 Å². The average Bonchev–Trinajstić information content (AvgIpc) is 3.80. The SMILES string of the molecule is CCOC(=O)c1cc2c(C(=O)Cc3c(Cl)cncc3Cl)ccc(OC)c2o1.CCOC(=O)c1cc2c(CCc3c(Cl)cncc3Cl)ccc(OC)c2o1. The highest BCUT2D eigenvalue weighted by Gasteiger charge is 2.23. The summed E-state index contributed by atoms with van der Waals surface area (Å²) in [6, 6.07) is 10.1. The van der Waals surface area contributed by atoms with Gasteiger partial charge in [0.2, 0.25) is 11.5 Å². The molecular formula is C38H32Cl4N2O9. The number of methoxy groups -OCH3 is 2. The fraction of sp³-hybridized carbons (Fsp3) is 0.237. The van der Waals surface area contributed by atoms with Gasteiger partial charge in [0.1, 0.15) is 0 Å². The van der Waals surface area contributed by atoms with Crippen molar-refractivity contribution in [3.63, 3.8) is 0 Å². The Morgan fingerprint density at radius 1 is 0.642 bits per heavy atom. The van der Waals surface area contributed by atoms with E-state index in [-0.39, 0.29) is 36.9 Å². The van der Waals surface area contributed by atoms with Crippen LogP contribution in [-0.4, -0.2) is 55.1 Å². The van der Waals surface area contributed by atoms with Crippen molar-refractivity contribution in [1.29, 1.82) is 0 Å². The van der Waals surface area contributed by atoms with Gasteiger partial charge >= 0.3 is 11.9 Å². The van der Waals surface area contributed by atoms with E-state index in [9.17, 15) is 14.4 Å². The summed E-state index contributed by atoms with van der Waals surface area (Å²) in [6.07, 6.45) is 7.26. The third-order valence-electron chi connectivity index (χ3n) is 7.96. The molecule has 0 aliphatic carbocycles. The summed E-state index contributed by atoms with van der Waals surface area (Å²) in [5, 5.41) is 2.92. The van der Waals surface area contributed by atoms with Gasteiger partial charge in [-0.2, -0.15) is 0 Å². The molecule has 4 aromatic heterocycles. The van der Waals surface area contributed by atoms with E-state index in [2.05, 4.69) is 9.97 Å². The number of furan rings is 2. The number of hydrogen-bond acceptors (Lipinski definition) is 11. The van der Waals surface area contributed by atoms with Crippen molar-refractivity contribution in [2.75, 3.05) is 27.4 Å². The molecule has 11 nitrogen and oxygen atoms in total. The molecule has 0 amide bonds. The highest BCUT2D eigenvalue weighted by atomic mass is 35.5. The lowest BCUT2D eigenvalue weighted by Crippen LogP contribution is -2.06. The monoisotopic (exact) mass is 800 g/mol. The van der Waals surface area contributed by atoms with Crippen LogP contribution in [0.25, 0.3) is 21.9 Å². The molecule has 0 unspecified atom stereocenters. The zero-order valence-electron chi connectivity index (χ0n) is 28.9. The summed E-state index contributed by atoms with van der Waals surface area (Å²) in [4.78, 5) is 44.7. The molecule has 0 radical (unpaired) electrons. The maximum Gasteiger partial charge on any atom is 0.374 e. The van der Waals surface area contributed by atoms with Crippen molar-refractivity contribution < 1.29 is 42.2 Å². The number of esters is 2. The average molecular weight is 802 g/mol. The minimum absolute atomic E-state index is 0.00891. The Balaban J connectivity index is 0.000000204. The molecule has 0 saturated heterocycles. The molecule has 276 valence electrons. The maximum absolute atomic E-state index is 12.9. The topological polar surface area (TPSA) is 140 Å². The number of pyridine rings is 2. The number of nitrogens with zero attached hydrogens (tertiary/aromatic N) is 2. The van der Waals surface area contributed by atoms with E-state index in [4.69, 9.17) is 74.2 Å². The highest BCUT2D eigenvalue weighted by molar-refractivity contribution is 6.36. The second-order valence-electron chi connectivity index (χ2n) is 11.2. The lowest BCUT2D eigenvalue weighted by molar-refractivity contribution is 0.0484. The Labute approximate surface area is 324 Å². The molecule has 0 atom stereocenters. The van der Waals surface area contributed by atoms with E-state index < -0.39 is 11.9 Å². The minimum Gasteiger partial charge on any atom is -0.493 e. The number of aryl methyl sites for hydroxylation is 1. The predicted octanol–water partition coefficient (Wildman–Crippen LogP) is 9.85. The second kappa shape index (κ2) is 17.8. The number of rotatable bonds is 12. The molecule has 53 heavy (non-hydrogen) atoms. The summed E-state index contributed by atoms with van der Waals surface area (Å²) in [5.74, 6) is -0.269. The van der Waals surface area contributed by atoms with Crippen LogP contribution in [0.5, 0.6) is 11.5 Å². The van der Waals surface area contributed by atoms with E-state index in [1.807, 2.05) is 12.1 Å². The van der Waals surface area contributed by atoms with Crippen LogP contribution in [0.4, 0.5) is 0 Å². The number of carbonyl (C=O) groups is 3. The summed E-state index contributed by atoms with van der Waals surface area (Å²) < 4.78 is 31.8. The Morgan fingerprint density at radius 3 is 1.62 bits per heavy atom. The standard InChI is InChI=1S/C19H15Cl2NO5.C19H17Cl2NO4/c1-3-26-19(24)17-7-11-10(4-5-16(25-2)18(11)27-17)15(23)6-12-13(20)8-22-9-14(12)21;1-3-25-19(23)17-8-13-11(5-7-16(24-2)18(13)26-17)4-6-12-14(20)9-22-10-15(12)21/h4-5,7-9H,3,6H2,1-2H3;5,7-10H,3-4,6H2,1-2H3. The van der Waals surface area contributed by atoms with Crippen LogP contribution in [0, 0.1) is 0 Å². The minimum atomic E-state index is -0.616. The Morgan fingerprint density at radius 2 is 1.11 bits per heavy atom. The molecule has 6 aromatic rings. The number of fused-ring (bicyclic) bond motifs is 2. The van der Waals surface area contributed by atoms with Gasteiger partial charge in [0.05, 0.1) is 47.5 Å². The van der Waals surface area contributed by atoms with E-state index in [0.29, 0.717) is 72.1 Å². The summed E-state index contributed by atoms with van der Waals surface area (Å²) in [6.45, 7) is 3.92. The van der Waals surface area contributed by atoms with E-state index in [1.54, 1.807) is 51.6 Å². The first-order valence-corrected chi connectivity index (χ1v) is 17.6. The van der Waals surface area contributed by atoms with Crippen molar-refractivity contribution in [3.05, 3.63) is 115 Å². The van der Waals surface area contributed by atoms with Gasteiger partial charge in [0, 0.05) is 59.2 Å². The van der Waals surface area contributed by atoms with Crippen LogP contribution in [0.2, 0.25) is 20.1 Å². The van der Waals surface area contributed by atoms with Gasteiger partial charge in [0.25, 0.3) is 0 Å². The highest BCUT2D eigenvalue weighted by Crippen LogP contribution is 2.35. The zero-order chi connectivity index (χ0) is 38.2. The Hall–Kier alpha value is -4.81. The Kier molecular flexibility index (Phi) is 13.2. The molecule has 0 N–H and O–H groups in total. The summed E-state index contributed by atoms with van der Waals surface area (Å²) >= 11 is 24.6.